The zero-order chi connectivity index (χ0) is 29.7. The van der Waals surface area contributed by atoms with E-state index < -0.39 is 16.1 Å². The van der Waals surface area contributed by atoms with Crippen molar-refractivity contribution >= 4 is 49.9 Å². The van der Waals surface area contributed by atoms with E-state index in [4.69, 9.17) is 11.6 Å². The van der Waals surface area contributed by atoms with Gasteiger partial charge in [-0.05, 0) is 53.6 Å². The summed E-state index contributed by atoms with van der Waals surface area (Å²) < 4.78 is 28.2. The van der Waals surface area contributed by atoms with Crippen LogP contribution in [0, 0.1) is 0 Å². The van der Waals surface area contributed by atoms with Gasteiger partial charge in [-0.15, -0.1) is 0 Å². The van der Waals surface area contributed by atoms with Gasteiger partial charge in [-0.3, -0.25) is 13.9 Å². The van der Waals surface area contributed by atoms with Crippen LogP contribution in [-0.4, -0.2) is 44.3 Å². The summed E-state index contributed by atoms with van der Waals surface area (Å²) in [6.45, 7) is 2.83. The van der Waals surface area contributed by atoms with E-state index in [0.717, 1.165) is 22.9 Å². The van der Waals surface area contributed by atoms with Crippen molar-refractivity contribution in [3.8, 4) is 0 Å². The summed E-state index contributed by atoms with van der Waals surface area (Å²) in [5.74, 6) is -0.449. The van der Waals surface area contributed by atoms with Crippen LogP contribution in [0.2, 0.25) is 5.02 Å². The zero-order valence-corrected chi connectivity index (χ0v) is 25.1. The predicted molar refractivity (Wildman–Crippen MR) is 167 cm³/mol. The van der Waals surface area contributed by atoms with Gasteiger partial charge in [0, 0.05) is 42.9 Å². The van der Waals surface area contributed by atoms with Gasteiger partial charge >= 0.3 is 0 Å². The van der Waals surface area contributed by atoms with E-state index in [2.05, 4.69) is 5.32 Å². The lowest BCUT2D eigenvalue weighted by atomic mass is 10.0. The number of hydrogen-bond acceptors (Lipinski definition) is 4. The summed E-state index contributed by atoms with van der Waals surface area (Å²) in [5, 5.41) is 5.09. The van der Waals surface area contributed by atoms with Crippen molar-refractivity contribution in [3.63, 3.8) is 0 Å². The maximum Gasteiger partial charge on any atom is 0.265 e. The molecule has 0 fully saturated rings. The van der Waals surface area contributed by atoms with Crippen LogP contribution in [0.15, 0.2) is 95.9 Å². The molecule has 1 heterocycles. The van der Waals surface area contributed by atoms with Gasteiger partial charge < -0.3 is 10.2 Å². The molecule has 0 radical (unpaired) electrons. The average Bonchev–Trinajstić information content (AvgIpc) is 3.21. The minimum atomic E-state index is -3.72. The summed E-state index contributed by atoms with van der Waals surface area (Å²) in [6, 6.07) is 26.9. The molecule has 0 saturated heterocycles. The predicted octanol–water partition coefficient (Wildman–Crippen LogP) is 5.95. The first-order valence-electron chi connectivity index (χ1n) is 14.2. The van der Waals surface area contributed by atoms with Gasteiger partial charge in [-0.1, -0.05) is 85.3 Å². The first-order valence-corrected chi connectivity index (χ1v) is 16.0. The Labute approximate surface area is 252 Å². The molecule has 1 N–H and O–H groups in total. The SMILES string of the molecule is CCCNC(=O)[C@H](Cc1ccccc1)N(Cc1cccc(Cl)c1)C(=O)CCCN1c2cccc3cccc(c23)S1(=O)=O. The Balaban J connectivity index is 1.39. The molecule has 9 heteroatoms. The maximum atomic E-state index is 13.9. The second kappa shape index (κ2) is 13.0. The van der Waals surface area contributed by atoms with Crippen LogP contribution in [0.5, 0.6) is 0 Å². The summed E-state index contributed by atoms with van der Waals surface area (Å²) in [4.78, 5) is 29.3. The second-order valence-corrected chi connectivity index (χ2v) is 12.7. The lowest BCUT2D eigenvalue weighted by Crippen LogP contribution is -2.50. The second-order valence-electron chi connectivity index (χ2n) is 10.5. The van der Waals surface area contributed by atoms with E-state index in [1.165, 1.54) is 4.31 Å². The molecule has 4 aromatic carbocycles. The molecular formula is C33H34ClN3O4S. The molecule has 0 unspecified atom stereocenters. The van der Waals surface area contributed by atoms with Gasteiger partial charge in [-0.25, -0.2) is 8.42 Å². The number of benzene rings is 4. The quantitative estimate of drug-likeness (QED) is 0.217. The number of halogens is 1. The third-order valence-corrected chi connectivity index (χ3v) is 9.59. The largest absolute Gasteiger partial charge is 0.354 e. The fourth-order valence-electron chi connectivity index (χ4n) is 5.47. The monoisotopic (exact) mass is 603 g/mol. The fourth-order valence-corrected chi connectivity index (χ4v) is 7.43. The summed E-state index contributed by atoms with van der Waals surface area (Å²) >= 11 is 6.26. The van der Waals surface area contributed by atoms with E-state index in [1.807, 2.05) is 67.6 Å². The first kappa shape index (κ1) is 29.6. The van der Waals surface area contributed by atoms with E-state index in [1.54, 1.807) is 35.2 Å². The molecule has 4 aromatic rings. The summed E-state index contributed by atoms with van der Waals surface area (Å²) in [5.41, 5.74) is 2.38. The van der Waals surface area contributed by atoms with Gasteiger partial charge in [0.15, 0.2) is 0 Å². The number of amides is 2. The number of sulfonamides is 1. The highest BCUT2D eigenvalue weighted by molar-refractivity contribution is 7.93. The molecule has 7 nitrogen and oxygen atoms in total. The first-order chi connectivity index (χ1) is 20.3. The van der Waals surface area contributed by atoms with Crippen molar-refractivity contribution < 1.29 is 18.0 Å². The van der Waals surface area contributed by atoms with Crippen LogP contribution < -0.4 is 9.62 Å². The molecule has 0 saturated carbocycles. The molecule has 0 aromatic heterocycles. The summed E-state index contributed by atoms with van der Waals surface area (Å²) in [7, 11) is -3.72. The minimum Gasteiger partial charge on any atom is -0.354 e. The minimum absolute atomic E-state index is 0.0747. The van der Waals surface area contributed by atoms with Gasteiger partial charge in [0.25, 0.3) is 10.0 Å². The molecule has 218 valence electrons. The number of carbonyl (C=O) groups is 2. The van der Waals surface area contributed by atoms with Crippen LogP contribution >= 0.6 is 11.6 Å². The van der Waals surface area contributed by atoms with E-state index in [0.29, 0.717) is 40.4 Å². The lowest BCUT2D eigenvalue weighted by Gasteiger charge is -2.32. The molecule has 0 bridgehead atoms. The fraction of sp³-hybridized carbons (Fsp3) is 0.273. The van der Waals surface area contributed by atoms with E-state index in [-0.39, 0.29) is 31.3 Å². The average molecular weight is 604 g/mol. The number of carbonyl (C=O) groups excluding carboxylic acids is 2. The Morgan fingerprint density at radius 1 is 0.929 bits per heavy atom. The van der Waals surface area contributed by atoms with Crippen LogP contribution in [0.4, 0.5) is 5.69 Å². The van der Waals surface area contributed by atoms with Crippen molar-refractivity contribution in [2.45, 2.75) is 50.1 Å². The van der Waals surface area contributed by atoms with Crippen molar-refractivity contribution in [3.05, 3.63) is 107 Å². The van der Waals surface area contributed by atoms with Crippen molar-refractivity contribution in [2.24, 2.45) is 0 Å². The van der Waals surface area contributed by atoms with Crippen molar-refractivity contribution in [1.82, 2.24) is 10.2 Å². The Morgan fingerprint density at radius 3 is 2.38 bits per heavy atom. The lowest BCUT2D eigenvalue weighted by molar-refractivity contribution is -0.141. The van der Waals surface area contributed by atoms with E-state index >= 15 is 0 Å². The number of nitrogens with one attached hydrogen (secondary N) is 1. The van der Waals surface area contributed by atoms with E-state index in [9.17, 15) is 18.0 Å². The third-order valence-electron chi connectivity index (χ3n) is 7.50. The van der Waals surface area contributed by atoms with Gasteiger partial charge in [0.1, 0.15) is 6.04 Å². The molecule has 2 amide bonds. The number of hydrogen-bond donors (Lipinski definition) is 1. The Bertz CT molecular complexity index is 1690. The van der Waals surface area contributed by atoms with Crippen LogP contribution in [0.25, 0.3) is 10.8 Å². The van der Waals surface area contributed by atoms with Gasteiger partial charge in [0.05, 0.1) is 10.6 Å². The summed E-state index contributed by atoms with van der Waals surface area (Å²) in [6.07, 6.45) is 1.49. The number of anilines is 1. The van der Waals surface area contributed by atoms with Crippen LogP contribution in [-0.2, 0) is 32.6 Å². The van der Waals surface area contributed by atoms with Crippen molar-refractivity contribution in [1.29, 1.82) is 0 Å². The Kier molecular flexibility index (Phi) is 9.14. The maximum absolute atomic E-state index is 13.9. The molecule has 1 aliphatic rings. The number of rotatable bonds is 12. The molecule has 0 spiro atoms. The van der Waals surface area contributed by atoms with Crippen LogP contribution in [0.3, 0.4) is 0 Å². The highest BCUT2D eigenvalue weighted by Gasteiger charge is 2.36. The molecule has 1 atom stereocenters. The highest BCUT2D eigenvalue weighted by atomic mass is 35.5. The molecule has 5 rings (SSSR count). The van der Waals surface area contributed by atoms with Gasteiger partial charge in [-0.2, -0.15) is 0 Å². The third kappa shape index (κ3) is 6.30. The van der Waals surface area contributed by atoms with Crippen molar-refractivity contribution in [2.75, 3.05) is 17.4 Å². The zero-order valence-electron chi connectivity index (χ0n) is 23.5. The Hall–Kier alpha value is -3.88. The van der Waals surface area contributed by atoms with Gasteiger partial charge in [0.2, 0.25) is 11.8 Å². The molecule has 0 aliphatic carbocycles. The standard InChI is InChI=1S/C33H34ClN3O4S/c1-2-19-35-33(39)29(22-24-10-4-3-5-11-24)36(23-25-12-6-15-27(34)21-25)31(38)18-9-20-37-28-16-7-13-26-14-8-17-30(32(26)28)42(37,40)41/h3-8,10-17,21,29H,2,9,18-20,22-23H2,1H3,(H,35,39)/t29-/m0/s1. The molecule has 42 heavy (non-hydrogen) atoms. The topological polar surface area (TPSA) is 86.8 Å². The normalized spacial score (nSPS) is 14.1. The highest BCUT2D eigenvalue weighted by Crippen LogP contribution is 2.42. The molecule has 1 aliphatic heterocycles. The Morgan fingerprint density at radius 2 is 1.64 bits per heavy atom. The van der Waals surface area contributed by atoms with Crippen LogP contribution in [0.1, 0.15) is 37.3 Å². The smallest absolute Gasteiger partial charge is 0.265 e. The number of nitrogens with zero attached hydrogens (tertiary/aromatic N) is 2. The molecular weight excluding hydrogens is 570 g/mol.